The minimum absolute atomic E-state index is 0.0265. The van der Waals surface area contributed by atoms with Gasteiger partial charge in [0, 0.05) is 0 Å². The number of rotatable bonds is 7. The molecule has 2 nitrogen and oxygen atoms in total. The van der Waals surface area contributed by atoms with E-state index in [1.54, 1.807) is 7.11 Å². The minimum atomic E-state index is 0.0265. The first-order chi connectivity index (χ1) is 9.83. The van der Waals surface area contributed by atoms with Crippen molar-refractivity contribution in [1.29, 1.82) is 0 Å². The van der Waals surface area contributed by atoms with Crippen molar-refractivity contribution < 1.29 is 9.47 Å². The Labute approximate surface area is 120 Å². The van der Waals surface area contributed by atoms with Crippen LogP contribution in [-0.4, -0.2) is 7.11 Å². The Balaban J connectivity index is 2.04. The number of ether oxygens (including phenoxy) is 2. The topological polar surface area (TPSA) is 18.5 Å². The summed E-state index contributed by atoms with van der Waals surface area (Å²) in [6, 6.07) is 18.2. The predicted molar refractivity (Wildman–Crippen MR) is 81.8 cm³/mol. The first-order valence-electron chi connectivity index (χ1n) is 6.74. The minimum Gasteiger partial charge on any atom is -0.497 e. The van der Waals surface area contributed by atoms with Gasteiger partial charge in [0.25, 0.3) is 0 Å². The lowest BCUT2D eigenvalue weighted by molar-refractivity contribution is 0.0417. The molecular formula is C18H20O2. The van der Waals surface area contributed by atoms with Gasteiger partial charge in [-0.15, -0.1) is 6.58 Å². The molecule has 0 aromatic heterocycles. The molecule has 1 atom stereocenters. The van der Waals surface area contributed by atoms with E-state index in [9.17, 15) is 0 Å². The summed E-state index contributed by atoms with van der Waals surface area (Å²) in [5.74, 6) is 0.856. The van der Waals surface area contributed by atoms with E-state index in [1.807, 2.05) is 48.5 Å². The van der Waals surface area contributed by atoms with Gasteiger partial charge in [0.15, 0.2) is 0 Å². The molecule has 0 bridgehead atoms. The fourth-order valence-corrected chi connectivity index (χ4v) is 2.04. The maximum atomic E-state index is 6.02. The van der Waals surface area contributed by atoms with Gasteiger partial charge in [0.1, 0.15) is 5.75 Å². The zero-order valence-corrected chi connectivity index (χ0v) is 11.8. The first-order valence-corrected chi connectivity index (χ1v) is 6.74. The Morgan fingerprint density at radius 3 is 2.35 bits per heavy atom. The SMILES string of the molecule is C=CCC(OCc1ccccc1)c1ccc(OC)cc1. The van der Waals surface area contributed by atoms with Crippen LogP contribution < -0.4 is 4.74 Å². The summed E-state index contributed by atoms with van der Waals surface area (Å²) in [5, 5.41) is 0. The van der Waals surface area contributed by atoms with Crippen molar-refractivity contribution in [1.82, 2.24) is 0 Å². The van der Waals surface area contributed by atoms with Crippen LogP contribution in [0.25, 0.3) is 0 Å². The molecule has 2 rings (SSSR count). The predicted octanol–water partition coefficient (Wildman–Crippen LogP) is 4.53. The quantitative estimate of drug-likeness (QED) is 0.687. The standard InChI is InChI=1S/C18H20O2/c1-3-7-18(16-10-12-17(19-2)13-11-16)20-14-15-8-5-4-6-9-15/h3-6,8-13,18H,1,7,14H2,2H3. The van der Waals surface area contributed by atoms with Crippen LogP contribution in [0.2, 0.25) is 0 Å². The third-order valence-electron chi connectivity index (χ3n) is 3.16. The molecule has 0 amide bonds. The fourth-order valence-electron chi connectivity index (χ4n) is 2.04. The third-order valence-corrected chi connectivity index (χ3v) is 3.16. The number of hydrogen-bond donors (Lipinski definition) is 0. The zero-order chi connectivity index (χ0) is 14.2. The fraction of sp³-hybridized carbons (Fsp3) is 0.222. The van der Waals surface area contributed by atoms with Crippen LogP contribution in [0.3, 0.4) is 0 Å². The van der Waals surface area contributed by atoms with Crippen molar-refractivity contribution in [3.63, 3.8) is 0 Å². The van der Waals surface area contributed by atoms with Crippen LogP contribution in [0.4, 0.5) is 0 Å². The highest BCUT2D eigenvalue weighted by molar-refractivity contribution is 5.28. The van der Waals surface area contributed by atoms with E-state index in [0.717, 1.165) is 17.7 Å². The molecule has 0 saturated carbocycles. The van der Waals surface area contributed by atoms with Crippen molar-refractivity contribution >= 4 is 0 Å². The van der Waals surface area contributed by atoms with Gasteiger partial charge in [-0.3, -0.25) is 0 Å². The molecule has 0 spiro atoms. The largest absolute Gasteiger partial charge is 0.497 e. The molecule has 2 heteroatoms. The molecule has 0 aliphatic rings. The second-order valence-electron chi connectivity index (χ2n) is 4.58. The zero-order valence-electron chi connectivity index (χ0n) is 11.8. The molecule has 2 aromatic carbocycles. The summed E-state index contributed by atoms with van der Waals surface area (Å²) in [4.78, 5) is 0. The Morgan fingerprint density at radius 1 is 1.05 bits per heavy atom. The van der Waals surface area contributed by atoms with E-state index in [0.29, 0.717) is 6.61 Å². The van der Waals surface area contributed by atoms with Gasteiger partial charge >= 0.3 is 0 Å². The van der Waals surface area contributed by atoms with Crippen molar-refractivity contribution in [3.05, 3.63) is 78.4 Å². The van der Waals surface area contributed by atoms with E-state index in [-0.39, 0.29) is 6.10 Å². The lowest BCUT2D eigenvalue weighted by Crippen LogP contribution is -2.04. The lowest BCUT2D eigenvalue weighted by atomic mass is 10.1. The van der Waals surface area contributed by atoms with Crippen molar-refractivity contribution in [3.8, 4) is 5.75 Å². The van der Waals surface area contributed by atoms with Gasteiger partial charge in [-0.1, -0.05) is 48.5 Å². The Morgan fingerprint density at radius 2 is 1.75 bits per heavy atom. The number of hydrogen-bond acceptors (Lipinski definition) is 2. The normalized spacial score (nSPS) is 11.8. The van der Waals surface area contributed by atoms with Crippen LogP contribution in [0.5, 0.6) is 5.75 Å². The lowest BCUT2D eigenvalue weighted by Gasteiger charge is -2.17. The maximum Gasteiger partial charge on any atom is 0.118 e. The van der Waals surface area contributed by atoms with Gasteiger partial charge in [-0.2, -0.15) is 0 Å². The Kier molecular flexibility index (Phi) is 5.39. The van der Waals surface area contributed by atoms with Gasteiger partial charge in [-0.05, 0) is 29.7 Å². The molecule has 0 heterocycles. The highest BCUT2D eigenvalue weighted by Gasteiger charge is 2.10. The van der Waals surface area contributed by atoms with E-state index in [4.69, 9.17) is 9.47 Å². The van der Waals surface area contributed by atoms with Gasteiger partial charge < -0.3 is 9.47 Å². The van der Waals surface area contributed by atoms with Crippen molar-refractivity contribution in [2.24, 2.45) is 0 Å². The van der Waals surface area contributed by atoms with E-state index in [2.05, 4.69) is 18.7 Å². The van der Waals surface area contributed by atoms with E-state index in [1.165, 1.54) is 5.56 Å². The summed E-state index contributed by atoms with van der Waals surface area (Å²) in [7, 11) is 1.67. The van der Waals surface area contributed by atoms with Crippen LogP contribution in [0.1, 0.15) is 23.7 Å². The first kappa shape index (κ1) is 14.4. The molecule has 0 N–H and O–H groups in total. The molecule has 1 unspecified atom stereocenters. The maximum absolute atomic E-state index is 6.02. The van der Waals surface area contributed by atoms with Gasteiger partial charge in [0.05, 0.1) is 19.8 Å². The summed E-state index contributed by atoms with van der Waals surface area (Å²) >= 11 is 0. The molecule has 0 fully saturated rings. The summed E-state index contributed by atoms with van der Waals surface area (Å²) < 4.78 is 11.2. The van der Waals surface area contributed by atoms with Crippen molar-refractivity contribution in [2.75, 3.05) is 7.11 Å². The third kappa shape index (κ3) is 3.97. The monoisotopic (exact) mass is 268 g/mol. The van der Waals surface area contributed by atoms with Gasteiger partial charge in [-0.25, -0.2) is 0 Å². The van der Waals surface area contributed by atoms with E-state index < -0.39 is 0 Å². The molecule has 0 saturated heterocycles. The Hall–Kier alpha value is -2.06. The number of benzene rings is 2. The number of methoxy groups -OCH3 is 1. The van der Waals surface area contributed by atoms with Crippen LogP contribution in [0, 0.1) is 0 Å². The molecule has 20 heavy (non-hydrogen) atoms. The molecule has 104 valence electrons. The summed E-state index contributed by atoms with van der Waals surface area (Å²) in [6.45, 7) is 4.41. The van der Waals surface area contributed by atoms with E-state index >= 15 is 0 Å². The molecule has 0 aliphatic heterocycles. The van der Waals surface area contributed by atoms with Crippen molar-refractivity contribution in [2.45, 2.75) is 19.1 Å². The Bertz CT molecular complexity index is 517. The van der Waals surface area contributed by atoms with Crippen LogP contribution in [0.15, 0.2) is 67.3 Å². The average Bonchev–Trinajstić information content (AvgIpc) is 2.52. The highest BCUT2D eigenvalue weighted by Crippen LogP contribution is 2.25. The molecule has 0 radical (unpaired) electrons. The second-order valence-corrected chi connectivity index (χ2v) is 4.58. The second kappa shape index (κ2) is 7.51. The molecule has 0 aliphatic carbocycles. The highest BCUT2D eigenvalue weighted by atomic mass is 16.5. The summed E-state index contributed by atoms with van der Waals surface area (Å²) in [6.07, 6.45) is 2.71. The average molecular weight is 268 g/mol. The van der Waals surface area contributed by atoms with Gasteiger partial charge in [0.2, 0.25) is 0 Å². The van der Waals surface area contributed by atoms with Crippen LogP contribution >= 0.6 is 0 Å². The molecule has 2 aromatic rings. The smallest absolute Gasteiger partial charge is 0.118 e. The van der Waals surface area contributed by atoms with Crippen LogP contribution in [-0.2, 0) is 11.3 Å². The summed E-state index contributed by atoms with van der Waals surface area (Å²) in [5.41, 5.74) is 2.32. The molecular weight excluding hydrogens is 248 g/mol.